The van der Waals surface area contributed by atoms with Crippen molar-refractivity contribution in [1.29, 1.82) is 0 Å². The van der Waals surface area contributed by atoms with Crippen LogP contribution in [0, 0.1) is 6.07 Å². The molecule has 0 fully saturated rings. The highest BCUT2D eigenvalue weighted by molar-refractivity contribution is 5.13. The second kappa shape index (κ2) is 3.61. The van der Waals surface area contributed by atoms with Crippen LogP contribution in [0.25, 0.3) is 0 Å². The SMILES string of the molecule is FC(F)(F)CCc1cc[c]cc1. The molecule has 1 rings (SSSR count). The Morgan fingerprint density at radius 2 is 1.75 bits per heavy atom. The smallest absolute Gasteiger partial charge is 0.171 e. The van der Waals surface area contributed by atoms with Crippen LogP contribution in [0.15, 0.2) is 24.3 Å². The summed E-state index contributed by atoms with van der Waals surface area (Å²) in [6.07, 6.45) is -4.76. The van der Waals surface area contributed by atoms with Crippen LogP contribution >= 0.6 is 0 Å². The second-order valence-electron chi connectivity index (χ2n) is 2.52. The number of rotatable bonds is 2. The Bertz CT molecular complexity index is 225. The lowest BCUT2D eigenvalue weighted by Gasteiger charge is -2.04. The summed E-state index contributed by atoms with van der Waals surface area (Å²) in [5.74, 6) is 0. The van der Waals surface area contributed by atoms with E-state index in [1.54, 1.807) is 24.3 Å². The van der Waals surface area contributed by atoms with Gasteiger partial charge < -0.3 is 0 Å². The number of aryl methyl sites for hydroxylation is 1. The van der Waals surface area contributed by atoms with Crippen LogP contribution in [0.4, 0.5) is 13.2 Å². The van der Waals surface area contributed by atoms with E-state index in [9.17, 15) is 13.2 Å². The molecule has 0 atom stereocenters. The van der Waals surface area contributed by atoms with Crippen LogP contribution in [-0.2, 0) is 6.42 Å². The van der Waals surface area contributed by atoms with Crippen molar-refractivity contribution in [3.05, 3.63) is 35.9 Å². The van der Waals surface area contributed by atoms with Crippen LogP contribution in [0.5, 0.6) is 0 Å². The summed E-state index contributed by atoms with van der Waals surface area (Å²) < 4.78 is 35.2. The maximum Gasteiger partial charge on any atom is 0.389 e. The van der Waals surface area contributed by atoms with Crippen molar-refractivity contribution in [3.63, 3.8) is 0 Å². The quantitative estimate of drug-likeness (QED) is 0.644. The zero-order valence-electron chi connectivity index (χ0n) is 6.36. The summed E-state index contributed by atoms with van der Waals surface area (Å²) in [7, 11) is 0. The van der Waals surface area contributed by atoms with Crippen molar-refractivity contribution in [2.75, 3.05) is 0 Å². The zero-order valence-corrected chi connectivity index (χ0v) is 6.36. The fourth-order valence-electron chi connectivity index (χ4n) is 0.874. The first-order chi connectivity index (χ1) is 5.58. The molecule has 0 aliphatic rings. The molecule has 0 aromatic heterocycles. The van der Waals surface area contributed by atoms with Crippen molar-refractivity contribution in [2.45, 2.75) is 19.0 Å². The molecular formula is C9H8F3. The van der Waals surface area contributed by atoms with Crippen LogP contribution < -0.4 is 0 Å². The molecule has 12 heavy (non-hydrogen) atoms. The topological polar surface area (TPSA) is 0 Å². The molecule has 0 heterocycles. The van der Waals surface area contributed by atoms with Gasteiger partial charge in [0.15, 0.2) is 0 Å². The van der Waals surface area contributed by atoms with Crippen molar-refractivity contribution in [1.82, 2.24) is 0 Å². The molecule has 0 spiro atoms. The van der Waals surface area contributed by atoms with E-state index in [4.69, 9.17) is 0 Å². The van der Waals surface area contributed by atoms with Gasteiger partial charge in [-0.15, -0.1) is 0 Å². The largest absolute Gasteiger partial charge is 0.389 e. The van der Waals surface area contributed by atoms with Crippen LogP contribution in [0.1, 0.15) is 12.0 Å². The molecule has 0 unspecified atom stereocenters. The molecule has 0 saturated heterocycles. The van der Waals surface area contributed by atoms with Crippen LogP contribution in [0.3, 0.4) is 0 Å². The number of hydrogen-bond donors (Lipinski definition) is 0. The standard InChI is InChI=1S/C9H8F3/c10-9(11,12)7-6-8-4-2-1-3-5-8/h2-5H,6-7H2. The zero-order chi connectivity index (χ0) is 9.03. The Labute approximate surface area is 69.0 Å². The van der Waals surface area contributed by atoms with Gasteiger partial charge in [-0.1, -0.05) is 24.3 Å². The summed E-state index contributed by atoms with van der Waals surface area (Å²) >= 11 is 0. The Balaban J connectivity index is 2.44. The first-order valence-corrected chi connectivity index (χ1v) is 3.60. The highest BCUT2D eigenvalue weighted by Gasteiger charge is 2.26. The van der Waals surface area contributed by atoms with Gasteiger partial charge in [-0.05, 0) is 18.1 Å². The average molecular weight is 173 g/mol. The third-order valence-electron chi connectivity index (χ3n) is 1.48. The van der Waals surface area contributed by atoms with E-state index >= 15 is 0 Å². The minimum atomic E-state index is -4.06. The van der Waals surface area contributed by atoms with Crippen LogP contribution in [0.2, 0.25) is 0 Å². The Morgan fingerprint density at radius 3 is 2.25 bits per heavy atom. The number of alkyl halides is 3. The van der Waals surface area contributed by atoms with Crippen molar-refractivity contribution < 1.29 is 13.2 Å². The summed E-state index contributed by atoms with van der Waals surface area (Å²) in [6, 6.07) is 9.27. The molecule has 1 aromatic carbocycles. The minimum absolute atomic E-state index is 0.0537. The van der Waals surface area contributed by atoms with Gasteiger partial charge in [0.25, 0.3) is 0 Å². The van der Waals surface area contributed by atoms with E-state index in [1.807, 2.05) is 0 Å². The molecule has 0 aliphatic carbocycles. The summed E-state index contributed by atoms with van der Waals surface area (Å²) in [5, 5.41) is 0. The van der Waals surface area contributed by atoms with Gasteiger partial charge in [0.1, 0.15) is 0 Å². The predicted molar refractivity (Wildman–Crippen MR) is 39.7 cm³/mol. The van der Waals surface area contributed by atoms with Crippen LogP contribution in [-0.4, -0.2) is 6.18 Å². The molecule has 0 amide bonds. The Kier molecular flexibility index (Phi) is 2.74. The highest BCUT2D eigenvalue weighted by atomic mass is 19.4. The number of halogens is 3. The normalized spacial score (nSPS) is 11.6. The van der Waals surface area contributed by atoms with Gasteiger partial charge >= 0.3 is 6.18 Å². The van der Waals surface area contributed by atoms with Crippen molar-refractivity contribution in [3.8, 4) is 0 Å². The predicted octanol–water partition coefficient (Wildman–Crippen LogP) is 2.98. The lowest BCUT2D eigenvalue weighted by atomic mass is 10.1. The second-order valence-corrected chi connectivity index (χ2v) is 2.52. The van der Waals surface area contributed by atoms with Gasteiger partial charge in [-0.3, -0.25) is 0 Å². The fraction of sp³-hybridized carbons (Fsp3) is 0.333. The highest BCUT2D eigenvalue weighted by Crippen LogP contribution is 2.21. The molecule has 3 heteroatoms. The molecule has 0 bridgehead atoms. The van der Waals surface area contributed by atoms with Gasteiger partial charge in [0.2, 0.25) is 0 Å². The maximum absolute atomic E-state index is 11.7. The summed E-state index contributed by atoms with van der Waals surface area (Å²) in [4.78, 5) is 0. The van der Waals surface area contributed by atoms with Gasteiger partial charge in [-0.25, -0.2) is 0 Å². The molecule has 1 aromatic rings. The maximum atomic E-state index is 11.7. The molecular weight excluding hydrogens is 165 g/mol. The van der Waals surface area contributed by atoms with Gasteiger partial charge in [0.05, 0.1) is 0 Å². The fourth-order valence-corrected chi connectivity index (χ4v) is 0.874. The lowest BCUT2D eigenvalue weighted by molar-refractivity contribution is -0.133. The molecule has 65 valence electrons. The van der Waals surface area contributed by atoms with E-state index in [0.29, 0.717) is 5.56 Å². The Hall–Kier alpha value is -0.990. The first kappa shape index (κ1) is 9.10. The molecule has 0 nitrogen and oxygen atoms in total. The van der Waals surface area contributed by atoms with Gasteiger partial charge in [-0.2, -0.15) is 13.2 Å². The number of hydrogen-bond acceptors (Lipinski definition) is 0. The monoisotopic (exact) mass is 173 g/mol. The average Bonchev–Trinajstić information content (AvgIpc) is 2.02. The van der Waals surface area contributed by atoms with E-state index in [1.165, 1.54) is 0 Å². The molecule has 1 radical (unpaired) electrons. The van der Waals surface area contributed by atoms with Crippen molar-refractivity contribution in [2.24, 2.45) is 0 Å². The third kappa shape index (κ3) is 3.42. The molecule has 0 N–H and O–H groups in total. The van der Waals surface area contributed by atoms with Gasteiger partial charge in [0, 0.05) is 6.42 Å². The van der Waals surface area contributed by atoms with E-state index in [-0.39, 0.29) is 6.42 Å². The minimum Gasteiger partial charge on any atom is -0.171 e. The van der Waals surface area contributed by atoms with E-state index < -0.39 is 12.6 Å². The Morgan fingerprint density at radius 1 is 1.17 bits per heavy atom. The molecule has 0 saturated carbocycles. The third-order valence-corrected chi connectivity index (χ3v) is 1.48. The van der Waals surface area contributed by atoms with E-state index in [0.717, 1.165) is 0 Å². The van der Waals surface area contributed by atoms with E-state index in [2.05, 4.69) is 6.07 Å². The molecule has 0 aliphatic heterocycles. The number of benzene rings is 1. The summed E-state index contributed by atoms with van der Waals surface area (Å²) in [6.45, 7) is 0. The summed E-state index contributed by atoms with van der Waals surface area (Å²) in [5.41, 5.74) is 0.700. The lowest BCUT2D eigenvalue weighted by Crippen LogP contribution is -2.08. The first-order valence-electron chi connectivity index (χ1n) is 3.60. The van der Waals surface area contributed by atoms with Crippen molar-refractivity contribution >= 4 is 0 Å².